The van der Waals surface area contributed by atoms with Gasteiger partial charge in [0.25, 0.3) is 11.5 Å². The minimum Gasteiger partial charge on any atom is -0.481 e. The van der Waals surface area contributed by atoms with Crippen LogP contribution in [0.5, 0.6) is 0 Å². The lowest BCUT2D eigenvalue weighted by Gasteiger charge is -2.25. The molecule has 11 heteroatoms. The summed E-state index contributed by atoms with van der Waals surface area (Å²) in [6.45, 7) is 5.42. The lowest BCUT2D eigenvalue weighted by molar-refractivity contribution is -0.137. The van der Waals surface area contributed by atoms with Crippen molar-refractivity contribution in [3.63, 3.8) is 0 Å². The number of rotatable bonds is 10. The molecular weight excluding hydrogens is 558 g/mol. The van der Waals surface area contributed by atoms with Crippen LogP contribution in [0.4, 0.5) is 8.78 Å². The van der Waals surface area contributed by atoms with Gasteiger partial charge < -0.3 is 20.3 Å². The second kappa shape index (κ2) is 12.9. The largest absolute Gasteiger partial charge is 0.481 e. The summed E-state index contributed by atoms with van der Waals surface area (Å²) in [6.07, 6.45) is 2.46. The van der Waals surface area contributed by atoms with E-state index in [1.807, 2.05) is 13.8 Å². The lowest BCUT2D eigenvalue weighted by atomic mass is 9.92. The van der Waals surface area contributed by atoms with E-state index >= 15 is 8.78 Å². The van der Waals surface area contributed by atoms with Gasteiger partial charge in [0.1, 0.15) is 11.6 Å². The molecule has 0 aliphatic rings. The molecule has 4 rings (SSSR count). The van der Waals surface area contributed by atoms with Crippen LogP contribution >= 0.6 is 0 Å². The Kier molecular flexibility index (Phi) is 9.33. The SMILES string of the molecule is Cc1ccc2ncccc2c1-c1cc(F)c(F)c([C@H](CC(=O)O)NC(=O)[C@H](CC(C)C)NC(=O)c2cccn(C)c2=O)c1. The summed E-state index contributed by atoms with van der Waals surface area (Å²) in [4.78, 5) is 55.1. The molecule has 0 fully saturated rings. The van der Waals surface area contributed by atoms with Gasteiger partial charge in [-0.3, -0.25) is 24.2 Å². The number of nitrogens with one attached hydrogen (secondary N) is 2. The van der Waals surface area contributed by atoms with E-state index in [2.05, 4.69) is 15.6 Å². The van der Waals surface area contributed by atoms with Crippen molar-refractivity contribution in [3.05, 3.63) is 99.6 Å². The third-order valence-corrected chi connectivity index (χ3v) is 7.11. The molecular formula is C32H32F2N4O5. The number of benzene rings is 2. The highest BCUT2D eigenvalue weighted by Gasteiger charge is 2.30. The van der Waals surface area contributed by atoms with Crippen LogP contribution < -0.4 is 16.2 Å². The Hall–Kier alpha value is -4.93. The summed E-state index contributed by atoms with van der Waals surface area (Å²) in [5, 5.41) is 15.4. The average Bonchev–Trinajstić information content (AvgIpc) is 2.94. The molecule has 0 unspecified atom stereocenters. The van der Waals surface area contributed by atoms with E-state index in [-0.39, 0.29) is 29.0 Å². The van der Waals surface area contributed by atoms with Gasteiger partial charge in [0.2, 0.25) is 5.91 Å². The van der Waals surface area contributed by atoms with E-state index in [4.69, 9.17) is 0 Å². The Labute approximate surface area is 246 Å². The zero-order valence-electron chi connectivity index (χ0n) is 24.2. The molecule has 3 N–H and O–H groups in total. The molecule has 0 saturated heterocycles. The van der Waals surface area contributed by atoms with Gasteiger partial charge in [-0.1, -0.05) is 26.0 Å². The lowest BCUT2D eigenvalue weighted by Crippen LogP contribution is -2.49. The van der Waals surface area contributed by atoms with Crippen LogP contribution in [-0.2, 0) is 16.6 Å². The molecule has 0 radical (unpaired) electrons. The Balaban J connectivity index is 1.73. The van der Waals surface area contributed by atoms with Crippen LogP contribution in [0.2, 0.25) is 0 Å². The minimum atomic E-state index is -1.48. The van der Waals surface area contributed by atoms with Crippen LogP contribution in [-0.4, -0.2) is 38.5 Å². The highest BCUT2D eigenvalue weighted by molar-refractivity contribution is 5.98. The van der Waals surface area contributed by atoms with Crippen LogP contribution in [0.1, 0.15) is 54.2 Å². The minimum absolute atomic E-state index is 0.104. The summed E-state index contributed by atoms with van der Waals surface area (Å²) < 4.78 is 31.7. The van der Waals surface area contributed by atoms with E-state index < -0.39 is 53.5 Å². The molecule has 0 saturated carbocycles. The molecule has 2 atom stereocenters. The number of carboxylic acid groups (broad SMARTS) is 1. The fourth-order valence-corrected chi connectivity index (χ4v) is 5.05. The maximum absolute atomic E-state index is 15.3. The predicted molar refractivity (Wildman–Crippen MR) is 157 cm³/mol. The van der Waals surface area contributed by atoms with Gasteiger partial charge in [-0.15, -0.1) is 0 Å². The molecule has 9 nitrogen and oxygen atoms in total. The summed E-state index contributed by atoms with van der Waals surface area (Å²) in [6, 6.07) is 9.60. The zero-order valence-corrected chi connectivity index (χ0v) is 24.2. The Morgan fingerprint density at radius 2 is 1.79 bits per heavy atom. The van der Waals surface area contributed by atoms with E-state index in [9.17, 15) is 24.3 Å². The molecule has 2 heterocycles. The molecule has 4 aromatic rings. The summed E-state index contributed by atoms with van der Waals surface area (Å²) >= 11 is 0. The number of pyridine rings is 2. The number of carbonyl (C=O) groups excluding carboxylic acids is 2. The number of hydrogen-bond acceptors (Lipinski definition) is 5. The fraction of sp³-hybridized carbons (Fsp3) is 0.281. The highest BCUT2D eigenvalue weighted by Crippen LogP contribution is 2.35. The van der Waals surface area contributed by atoms with Crippen LogP contribution in [0.3, 0.4) is 0 Å². The van der Waals surface area contributed by atoms with Gasteiger partial charge in [-0.2, -0.15) is 0 Å². The van der Waals surface area contributed by atoms with E-state index in [0.717, 1.165) is 11.6 Å². The quantitative estimate of drug-likeness (QED) is 0.246. The Morgan fingerprint density at radius 1 is 1.05 bits per heavy atom. The third-order valence-electron chi connectivity index (χ3n) is 7.11. The van der Waals surface area contributed by atoms with Crippen LogP contribution in [0.15, 0.2) is 65.7 Å². The number of amides is 2. The number of fused-ring (bicyclic) bond motifs is 1. The van der Waals surface area contributed by atoms with Gasteiger partial charge in [0, 0.05) is 30.4 Å². The molecule has 0 aliphatic carbocycles. The zero-order chi connectivity index (χ0) is 31.4. The van der Waals surface area contributed by atoms with Gasteiger partial charge in [0.15, 0.2) is 11.6 Å². The van der Waals surface area contributed by atoms with Crippen molar-refractivity contribution in [2.24, 2.45) is 13.0 Å². The predicted octanol–water partition coefficient (Wildman–Crippen LogP) is 4.66. The normalized spacial score (nSPS) is 12.6. The van der Waals surface area contributed by atoms with E-state index in [1.54, 1.807) is 37.4 Å². The first-order valence-corrected chi connectivity index (χ1v) is 13.7. The first-order valence-electron chi connectivity index (χ1n) is 13.7. The van der Waals surface area contributed by atoms with Crippen LogP contribution in [0, 0.1) is 24.5 Å². The number of carboxylic acids is 1. The topological polar surface area (TPSA) is 130 Å². The maximum atomic E-state index is 15.3. The summed E-state index contributed by atoms with van der Waals surface area (Å²) in [5.41, 5.74) is 1.13. The van der Waals surface area contributed by atoms with Crippen molar-refractivity contribution in [2.45, 2.75) is 45.7 Å². The number of nitrogens with zero attached hydrogens (tertiary/aromatic N) is 2. The molecule has 224 valence electrons. The third kappa shape index (κ3) is 6.94. The van der Waals surface area contributed by atoms with Gasteiger partial charge in [-0.05, 0) is 72.4 Å². The first-order chi connectivity index (χ1) is 20.4. The van der Waals surface area contributed by atoms with E-state index in [0.29, 0.717) is 16.5 Å². The molecule has 2 aromatic carbocycles. The number of carbonyl (C=O) groups is 3. The molecule has 2 aromatic heterocycles. The monoisotopic (exact) mass is 590 g/mol. The Morgan fingerprint density at radius 3 is 2.49 bits per heavy atom. The number of aromatic nitrogens is 2. The van der Waals surface area contributed by atoms with Crippen molar-refractivity contribution in [1.82, 2.24) is 20.2 Å². The number of aliphatic carboxylic acids is 1. The van der Waals surface area contributed by atoms with E-state index in [1.165, 1.54) is 36.0 Å². The second-order valence-electron chi connectivity index (χ2n) is 10.8. The van der Waals surface area contributed by atoms with Gasteiger partial charge >= 0.3 is 5.97 Å². The number of aryl methyl sites for hydroxylation is 2. The van der Waals surface area contributed by atoms with Crippen molar-refractivity contribution in [2.75, 3.05) is 0 Å². The molecule has 0 aliphatic heterocycles. The smallest absolute Gasteiger partial charge is 0.305 e. The molecule has 43 heavy (non-hydrogen) atoms. The van der Waals surface area contributed by atoms with Crippen molar-refractivity contribution in [1.29, 1.82) is 0 Å². The maximum Gasteiger partial charge on any atom is 0.305 e. The first kappa shape index (κ1) is 31.0. The van der Waals surface area contributed by atoms with Crippen molar-refractivity contribution >= 4 is 28.7 Å². The number of halogens is 2. The average molecular weight is 591 g/mol. The Bertz CT molecular complexity index is 1770. The van der Waals surface area contributed by atoms with Crippen LogP contribution in [0.25, 0.3) is 22.0 Å². The summed E-state index contributed by atoms with van der Waals surface area (Å²) in [5.74, 6) is -5.59. The standard InChI is InChI=1S/C32H32F2N4O5/c1-17(2)13-26(37-30(41)21-8-6-12-38(4)32(21)43)31(42)36-25(16-27(39)40)22-14-19(15-23(33)29(22)34)28-18(3)9-10-24-20(28)7-5-11-35-24/h5-12,14-15,17,25-26H,13,16H2,1-4H3,(H,36,42)(H,37,41)(H,39,40)/t25-,26-/m0/s1. The summed E-state index contributed by atoms with van der Waals surface area (Å²) in [7, 11) is 1.48. The van der Waals surface area contributed by atoms with Gasteiger partial charge in [0.05, 0.1) is 18.0 Å². The van der Waals surface area contributed by atoms with Gasteiger partial charge in [-0.25, -0.2) is 8.78 Å². The highest BCUT2D eigenvalue weighted by atomic mass is 19.2. The van der Waals surface area contributed by atoms with Crippen molar-refractivity contribution in [3.8, 4) is 11.1 Å². The fourth-order valence-electron chi connectivity index (χ4n) is 5.05. The molecule has 2 amide bonds. The molecule has 0 spiro atoms. The molecule has 0 bridgehead atoms. The van der Waals surface area contributed by atoms with Crippen molar-refractivity contribution < 1.29 is 28.3 Å². The number of hydrogen-bond donors (Lipinski definition) is 3. The second-order valence-corrected chi connectivity index (χ2v) is 10.8.